The normalized spacial score (nSPS) is 15.4. The Bertz CT molecular complexity index is 263. The molecule has 0 aromatic rings. The minimum absolute atomic E-state index is 0. The van der Waals surface area contributed by atoms with Crippen LogP contribution in [0.3, 0.4) is 0 Å². The summed E-state index contributed by atoms with van der Waals surface area (Å²) in [7, 11) is 4.30. The fourth-order valence-electron chi connectivity index (χ4n) is 2.61. The molecule has 1 heterocycles. The zero-order chi connectivity index (χ0) is 14.6. The zero-order valence-corrected chi connectivity index (χ0v) is 16.6. The van der Waals surface area contributed by atoms with Gasteiger partial charge in [0.1, 0.15) is 0 Å². The minimum Gasteiger partial charge on any atom is -0.357 e. The first-order valence-electron chi connectivity index (χ1n) is 8.42. The van der Waals surface area contributed by atoms with E-state index in [9.17, 15) is 0 Å². The second-order valence-electron chi connectivity index (χ2n) is 6.00. The predicted molar refractivity (Wildman–Crippen MR) is 104 cm³/mol. The Labute approximate surface area is 148 Å². The molecule has 126 valence electrons. The smallest absolute Gasteiger partial charge is 0.193 e. The number of unbranched alkanes of at least 4 members (excludes halogenated alkanes) is 4. The van der Waals surface area contributed by atoms with E-state index in [-0.39, 0.29) is 24.0 Å². The van der Waals surface area contributed by atoms with Crippen molar-refractivity contribution in [2.24, 2.45) is 4.99 Å². The van der Waals surface area contributed by atoms with E-state index in [0.717, 1.165) is 19.0 Å². The highest BCUT2D eigenvalue weighted by Crippen LogP contribution is 2.08. The Balaban J connectivity index is 0.00000400. The van der Waals surface area contributed by atoms with Crippen LogP contribution >= 0.6 is 24.0 Å². The van der Waals surface area contributed by atoms with Crippen molar-refractivity contribution in [3.8, 4) is 0 Å². The summed E-state index contributed by atoms with van der Waals surface area (Å²) in [4.78, 5) is 9.43. The maximum absolute atomic E-state index is 4.76. The molecule has 1 rings (SSSR count). The highest BCUT2D eigenvalue weighted by molar-refractivity contribution is 14.0. The van der Waals surface area contributed by atoms with E-state index >= 15 is 0 Å². The molecule has 0 radical (unpaired) electrons. The first-order valence-corrected chi connectivity index (χ1v) is 8.42. The summed E-state index contributed by atoms with van der Waals surface area (Å²) in [5.74, 6) is 1.14. The molecule has 0 bridgehead atoms. The highest BCUT2D eigenvalue weighted by atomic mass is 127. The molecular weight excluding hydrogens is 375 g/mol. The lowest BCUT2D eigenvalue weighted by molar-refractivity contribution is 0.390. The maximum Gasteiger partial charge on any atom is 0.193 e. The summed E-state index contributed by atoms with van der Waals surface area (Å²) in [6.45, 7) is 7.67. The van der Waals surface area contributed by atoms with Crippen molar-refractivity contribution >= 4 is 29.9 Å². The lowest BCUT2D eigenvalue weighted by atomic mass is 10.1. The van der Waals surface area contributed by atoms with Gasteiger partial charge < -0.3 is 15.1 Å². The molecule has 21 heavy (non-hydrogen) atoms. The van der Waals surface area contributed by atoms with Gasteiger partial charge in [-0.3, -0.25) is 4.99 Å². The molecule has 1 N–H and O–H groups in total. The van der Waals surface area contributed by atoms with Gasteiger partial charge in [-0.15, -0.1) is 24.0 Å². The van der Waals surface area contributed by atoms with Crippen molar-refractivity contribution in [1.82, 2.24) is 15.1 Å². The first kappa shape index (κ1) is 21.0. The molecule has 0 spiro atoms. The third-order valence-electron chi connectivity index (χ3n) is 3.77. The van der Waals surface area contributed by atoms with Crippen LogP contribution in [0.1, 0.15) is 51.9 Å². The Morgan fingerprint density at radius 3 is 2.29 bits per heavy atom. The molecule has 0 atom stereocenters. The van der Waals surface area contributed by atoms with E-state index < -0.39 is 0 Å². The van der Waals surface area contributed by atoms with Gasteiger partial charge in [0.05, 0.1) is 0 Å². The topological polar surface area (TPSA) is 30.9 Å². The molecule has 1 saturated heterocycles. The first-order chi connectivity index (χ1) is 9.74. The Morgan fingerprint density at radius 2 is 1.67 bits per heavy atom. The molecule has 1 fully saturated rings. The summed E-state index contributed by atoms with van der Waals surface area (Å²) >= 11 is 0. The Hall–Kier alpha value is -0.0400. The molecule has 0 aromatic carbocycles. The van der Waals surface area contributed by atoms with E-state index in [2.05, 4.69) is 36.1 Å². The van der Waals surface area contributed by atoms with Gasteiger partial charge in [0.15, 0.2) is 5.96 Å². The van der Waals surface area contributed by atoms with Crippen LogP contribution in [0.4, 0.5) is 0 Å². The summed E-state index contributed by atoms with van der Waals surface area (Å²) in [6, 6.07) is 0. The van der Waals surface area contributed by atoms with Crippen LogP contribution in [0.5, 0.6) is 0 Å². The molecule has 1 aliphatic rings. The van der Waals surface area contributed by atoms with E-state index in [1.54, 1.807) is 0 Å². The highest BCUT2D eigenvalue weighted by Gasteiger charge is 2.14. The van der Waals surface area contributed by atoms with Gasteiger partial charge in [-0.1, -0.05) is 19.3 Å². The molecule has 1 aliphatic heterocycles. The van der Waals surface area contributed by atoms with Crippen LogP contribution < -0.4 is 5.32 Å². The number of hydrogen-bond donors (Lipinski definition) is 1. The molecule has 0 unspecified atom stereocenters. The van der Waals surface area contributed by atoms with Crippen molar-refractivity contribution in [2.75, 3.05) is 46.8 Å². The summed E-state index contributed by atoms with van der Waals surface area (Å²) < 4.78 is 0. The van der Waals surface area contributed by atoms with Crippen molar-refractivity contribution in [2.45, 2.75) is 51.9 Å². The molecule has 0 aliphatic carbocycles. The van der Waals surface area contributed by atoms with E-state index in [0.29, 0.717) is 0 Å². The maximum atomic E-state index is 4.76. The average Bonchev–Trinajstić information content (AvgIpc) is 2.94. The van der Waals surface area contributed by atoms with Crippen LogP contribution in [-0.2, 0) is 0 Å². The van der Waals surface area contributed by atoms with Crippen LogP contribution in [-0.4, -0.2) is 62.6 Å². The number of halogens is 1. The van der Waals surface area contributed by atoms with Gasteiger partial charge >= 0.3 is 0 Å². The van der Waals surface area contributed by atoms with Gasteiger partial charge in [0.2, 0.25) is 0 Å². The zero-order valence-electron chi connectivity index (χ0n) is 14.2. The lowest BCUT2D eigenvalue weighted by Crippen LogP contribution is -2.39. The summed E-state index contributed by atoms with van der Waals surface area (Å²) in [6.07, 6.45) is 9.21. The van der Waals surface area contributed by atoms with Crippen molar-refractivity contribution < 1.29 is 0 Å². The van der Waals surface area contributed by atoms with Crippen LogP contribution in [0.25, 0.3) is 0 Å². The third kappa shape index (κ3) is 10.3. The number of aliphatic imine (C=N–C) groups is 1. The summed E-state index contributed by atoms with van der Waals surface area (Å²) in [5, 5.41) is 3.42. The van der Waals surface area contributed by atoms with Crippen LogP contribution in [0, 0.1) is 0 Å². The quantitative estimate of drug-likeness (QED) is 0.274. The second kappa shape index (κ2) is 13.6. The standard InChI is InChI=1S/C16H34N4.HI/c1-4-17-16(20-14-10-11-15-20)18-12-8-6-5-7-9-13-19(2)3;/h4-15H2,1-3H3,(H,17,18);1H. The number of nitrogens with zero attached hydrogens (tertiary/aromatic N) is 3. The van der Waals surface area contributed by atoms with Crippen molar-refractivity contribution in [3.05, 3.63) is 0 Å². The average molecular weight is 410 g/mol. The number of likely N-dealkylation sites (tertiary alicyclic amines) is 1. The van der Waals surface area contributed by atoms with Gasteiger partial charge in [-0.25, -0.2) is 0 Å². The monoisotopic (exact) mass is 410 g/mol. The second-order valence-corrected chi connectivity index (χ2v) is 6.00. The molecule has 4 nitrogen and oxygen atoms in total. The minimum atomic E-state index is 0. The number of nitrogens with one attached hydrogen (secondary N) is 1. The number of guanidine groups is 1. The van der Waals surface area contributed by atoms with Crippen molar-refractivity contribution in [1.29, 1.82) is 0 Å². The third-order valence-corrected chi connectivity index (χ3v) is 3.77. The fraction of sp³-hybridized carbons (Fsp3) is 0.938. The number of rotatable bonds is 9. The lowest BCUT2D eigenvalue weighted by Gasteiger charge is -2.20. The Kier molecular flexibility index (Phi) is 13.6. The largest absolute Gasteiger partial charge is 0.357 e. The predicted octanol–water partition coefficient (Wildman–Crippen LogP) is 3.18. The van der Waals surface area contributed by atoms with Crippen molar-refractivity contribution in [3.63, 3.8) is 0 Å². The summed E-state index contributed by atoms with van der Waals surface area (Å²) in [5.41, 5.74) is 0. The van der Waals surface area contributed by atoms with E-state index in [1.807, 2.05) is 0 Å². The molecule has 0 saturated carbocycles. The Morgan fingerprint density at radius 1 is 1.05 bits per heavy atom. The van der Waals surface area contributed by atoms with Gasteiger partial charge in [-0.2, -0.15) is 0 Å². The molecule has 5 heteroatoms. The van der Waals surface area contributed by atoms with Gasteiger partial charge in [0, 0.05) is 26.2 Å². The fourth-order valence-corrected chi connectivity index (χ4v) is 2.61. The van der Waals surface area contributed by atoms with Gasteiger partial charge in [-0.05, 0) is 53.2 Å². The van der Waals surface area contributed by atoms with E-state index in [4.69, 9.17) is 4.99 Å². The van der Waals surface area contributed by atoms with Crippen LogP contribution in [0.2, 0.25) is 0 Å². The SMILES string of the molecule is CCNC(=NCCCCCCCN(C)C)N1CCCC1.I. The molecule has 0 amide bonds. The molecular formula is C16H35IN4. The van der Waals surface area contributed by atoms with Crippen LogP contribution in [0.15, 0.2) is 4.99 Å². The number of hydrogen-bond acceptors (Lipinski definition) is 2. The van der Waals surface area contributed by atoms with Gasteiger partial charge in [0.25, 0.3) is 0 Å². The molecule has 0 aromatic heterocycles. The van der Waals surface area contributed by atoms with E-state index in [1.165, 1.54) is 64.6 Å².